The summed E-state index contributed by atoms with van der Waals surface area (Å²) in [4.78, 5) is 21.1. The molecule has 5 rings (SSSR count). The topological polar surface area (TPSA) is 47.3 Å². The summed E-state index contributed by atoms with van der Waals surface area (Å²) in [5.41, 5.74) is 2.02. The van der Waals surface area contributed by atoms with Gasteiger partial charge in [-0.3, -0.25) is 9.20 Å². The lowest BCUT2D eigenvalue weighted by atomic mass is 10.1. The number of hydrogen-bond donors (Lipinski definition) is 0. The van der Waals surface area contributed by atoms with E-state index in [0.29, 0.717) is 5.52 Å². The fourth-order valence-electron chi connectivity index (χ4n) is 3.08. The van der Waals surface area contributed by atoms with Crippen LogP contribution in [-0.2, 0) is 0 Å². The molecule has 0 aliphatic carbocycles. The summed E-state index contributed by atoms with van der Waals surface area (Å²) in [5.74, 6) is 0. The summed E-state index contributed by atoms with van der Waals surface area (Å²) in [6, 6.07) is 13.9. The maximum absolute atomic E-state index is 12.3. The Kier molecular flexibility index (Phi) is 1.81. The highest BCUT2D eigenvalue weighted by molar-refractivity contribution is 6.10. The van der Waals surface area contributed by atoms with E-state index < -0.39 is 0 Å². The molecule has 0 atom stereocenters. The molecule has 0 amide bonds. The third kappa shape index (κ3) is 1.26. The zero-order valence-corrected chi connectivity index (χ0v) is 10.9. The second-order valence-electron chi connectivity index (χ2n) is 5.18. The molecule has 3 heterocycles. The SMILES string of the molecule is O=c1ncc2cccc3nc4c5ccccc5cn4c1c23. The van der Waals surface area contributed by atoms with Gasteiger partial charge in [0.2, 0.25) is 0 Å². The molecular weight excluding hydrogens is 262 g/mol. The molecule has 5 aromatic rings. The van der Waals surface area contributed by atoms with E-state index >= 15 is 0 Å². The summed E-state index contributed by atoms with van der Waals surface area (Å²) < 4.78 is 1.87. The Morgan fingerprint density at radius 2 is 1.81 bits per heavy atom. The number of pyridine rings is 1. The van der Waals surface area contributed by atoms with E-state index in [2.05, 4.69) is 4.98 Å². The van der Waals surface area contributed by atoms with Gasteiger partial charge in [-0.05, 0) is 6.07 Å². The summed E-state index contributed by atoms with van der Waals surface area (Å²) in [7, 11) is 0. The minimum Gasteiger partial charge on any atom is -0.295 e. The van der Waals surface area contributed by atoms with Gasteiger partial charge in [0.05, 0.1) is 5.52 Å². The van der Waals surface area contributed by atoms with Crippen molar-refractivity contribution in [1.82, 2.24) is 14.4 Å². The Balaban J connectivity index is 2.24. The van der Waals surface area contributed by atoms with Crippen LogP contribution in [0.15, 0.2) is 59.7 Å². The average molecular weight is 271 g/mol. The quantitative estimate of drug-likeness (QED) is 0.435. The van der Waals surface area contributed by atoms with Crippen molar-refractivity contribution in [3.8, 4) is 0 Å². The molecule has 0 aliphatic rings. The summed E-state index contributed by atoms with van der Waals surface area (Å²) >= 11 is 0. The first-order valence-corrected chi connectivity index (χ1v) is 6.74. The smallest absolute Gasteiger partial charge is 0.294 e. The van der Waals surface area contributed by atoms with E-state index in [1.54, 1.807) is 6.20 Å². The highest BCUT2D eigenvalue weighted by atomic mass is 16.1. The van der Waals surface area contributed by atoms with Crippen LogP contribution >= 0.6 is 0 Å². The van der Waals surface area contributed by atoms with Gasteiger partial charge in [0.15, 0.2) is 0 Å². The molecule has 2 aromatic carbocycles. The normalized spacial score (nSPS) is 12.0. The standard InChI is InChI=1S/C17H9N3O/c21-17-15-14-10(8-18-17)5-3-7-13(14)19-16-12-6-2-1-4-11(12)9-20(15)16/h1-9H. The van der Waals surface area contributed by atoms with Crippen LogP contribution in [0.25, 0.3) is 38.2 Å². The summed E-state index contributed by atoms with van der Waals surface area (Å²) in [6.07, 6.45) is 3.58. The molecule has 0 unspecified atom stereocenters. The van der Waals surface area contributed by atoms with Gasteiger partial charge in [0.1, 0.15) is 11.2 Å². The fourth-order valence-corrected chi connectivity index (χ4v) is 3.08. The first-order chi connectivity index (χ1) is 10.3. The maximum Gasteiger partial charge on any atom is 0.294 e. The monoisotopic (exact) mass is 271 g/mol. The van der Waals surface area contributed by atoms with Crippen LogP contribution in [-0.4, -0.2) is 14.4 Å². The highest BCUT2D eigenvalue weighted by Crippen LogP contribution is 2.28. The predicted molar refractivity (Wildman–Crippen MR) is 83.0 cm³/mol. The third-order valence-electron chi connectivity index (χ3n) is 4.00. The van der Waals surface area contributed by atoms with Gasteiger partial charge in [0.25, 0.3) is 5.56 Å². The van der Waals surface area contributed by atoms with Crippen molar-refractivity contribution < 1.29 is 0 Å². The number of hydrogen-bond acceptors (Lipinski definition) is 3. The molecule has 98 valence electrons. The Hall–Kier alpha value is -3.01. The second kappa shape index (κ2) is 3.55. The molecule has 21 heavy (non-hydrogen) atoms. The lowest BCUT2D eigenvalue weighted by Crippen LogP contribution is -2.10. The van der Waals surface area contributed by atoms with Gasteiger partial charge in [-0.1, -0.05) is 36.4 Å². The summed E-state index contributed by atoms with van der Waals surface area (Å²) in [5, 5.41) is 3.93. The molecule has 0 spiro atoms. The molecular formula is C17H9N3O. The Labute approximate surface area is 118 Å². The average Bonchev–Trinajstić information content (AvgIpc) is 2.88. The largest absolute Gasteiger partial charge is 0.295 e. The first-order valence-electron chi connectivity index (χ1n) is 6.74. The van der Waals surface area contributed by atoms with Crippen LogP contribution in [0.4, 0.5) is 0 Å². The van der Waals surface area contributed by atoms with Crippen LogP contribution in [0.5, 0.6) is 0 Å². The van der Waals surface area contributed by atoms with E-state index in [1.807, 2.05) is 53.1 Å². The number of rotatable bonds is 0. The molecule has 0 fully saturated rings. The molecule has 0 N–H and O–H groups in total. The van der Waals surface area contributed by atoms with Crippen molar-refractivity contribution in [2.75, 3.05) is 0 Å². The molecule has 0 saturated heterocycles. The number of aromatic nitrogens is 3. The van der Waals surface area contributed by atoms with Crippen LogP contribution in [0, 0.1) is 0 Å². The molecule has 0 saturated carbocycles. The van der Waals surface area contributed by atoms with Crippen molar-refractivity contribution in [3.63, 3.8) is 0 Å². The third-order valence-corrected chi connectivity index (χ3v) is 4.00. The lowest BCUT2D eigenvalue weighted by Gasteiger charge is -2.06. The van der Waals surface area contributed by atoms with Gasteiger partial charge in [0, 0.05) is 33.9 Å². The van der Waals surface area contributed by atoms with Crippen molar-refractivity contribution in [2.24, 2.45) is 0 Å². The Morgan fingerprint density at radius 3 is 2.76 bits per heavy atom. The van der Waals surface area contributed by atoms with E-state index in [4.69, 9.17) is 4.98 Å². The van der Waals surface area contributed by atoms with E-state index in [9.17, 15) is 4.79 Å². The van der Waals surface area contributed by atoms with Gasteiger partial charge >= 0.3 is 0 Å². The predicted octanol–water partition coefficient (Wildman–Crippen LogP) is 2.99. The van der Waals surface area contributed by atoms with Gasteiger partial charge in [-0.15, -0.1) is 0 Å². The van der Waals surface area contributed by atoms with Crippen LogP contribution in [0.2, 0.25) is 0 Å². The molecule has 0 radical (unpaired) electrons. The highest BCUT2D eigenvalue weighted by Gasteiger charge is 2.14. The van der Waals surface area contributed by atoms with E-state index in [1.165, 1.54) is 0 Å². The minimum absolute atomic E-state index is 0.216. The second-order valence-corrected chi connectivity index (χ2v) is 5.18. The van der Waals surface area contributed by atoms with Crippen molar-refractivity contribution in [1.29, 1.82) is 0 Å². The Morgan fingerprint density at radius 1 is 0.952 bits per heavy atom. The Bertz CT molecular complexity index is 1210. The molecule has 0 bridgehead atoms. The maximum atomic E-state index is 12.3. The van der Waals surface area contributed by atoms with Crippen molar-refractivity contribution in [2.45, 2.75) is 0 Å². The molecule has 4 nitrogen and oxygen atoms in total. The zero-order chi connectivity index (χ0) is 14.0. The van der Waals surface area contributed by atoms with Gasteiger partial charge in [-0.25, -0.2) is 9.97 Å². The fraction of sp³-hybridized carbons (Fsp3) is 0. The first kappa shape index (κ1) is 10.7. The van der Waals surface area contributed by atoms with Gasteiger partial charge in [-0.2, -0.15) is 0 Å². The van der Waals surface area contributed by atoms with Crippen LogP contribution in [0.3, 0.4) is 0 Å². The minimum atomic E-state index is -0.216. The zero-order valence-electron chi connectivity index (χ0n) is 10.9. The number of benzene rings is 2. The van der Waals surface area contributed by atoms with Crippen LogP contribution in [0.1, 0.15) is 0 Å². The lowest BCUT2D eigenvalue weighted by molar-refractivity contribution is 1.17. The van der Waals surface area contributed by atoms with E-state index in [0.717, 1.165) is 32.7 Å². The van der Waals surface area contributed by atoms with Gasteiger partial charge < -0.3 is 0 Å². The van der Waals surface area contributed by atoms with E-state index in [-0.39, 0.29) is 5.56 Å². The number of nitrogens with zero attached hydrogens (tertiary/aromatic N) is 3. The molecule has 0 aliphatic heterocycles. The van der Waals surface area contributed by atoms with Crippen molar-refractivity contribution in [3.05, 3.63) is 65.2 Å². The summed E-state index contributed by atoms with van der Waals surface area (Å²) in [6.45, 7) is 0. The molecule has 3 aromatic heterocycles. The van der Waals surface area contributed by atoms with Crippen molar-refractivity contribution >= 4 is 38.2 Å². The van der Waals surface area contributed by atoms with Crippen LogP contribution < -0.4 is 5.56 Å². The number of fused-ring (bicyclic) bond motifs is 4. The molecule has 4 heteroatoms.